The fourth-order valence-corrected chi connectivity index (χ4v) is 10.1. The third-order valence-corrected chi connectivity index (χ3v) is 15.2. The Bertz CT molecular complexity index is 4050. The molecule has 0 aliphatic heterocycles. The van der Waals surface area contributed by atoms with Crippen LogP contribution < -0.4 is 0 Å². The first-order valence-corrected chi connectivity index (χ1v) is 28.5. The molecule has 0 N–H and O–H groups in total. The summed E-state index contributed by atoms with van der Waals surface area (Å²) >= 11 is 10.5. The van der Waals surface area contributed by atoms with Crippen LogP contribution in [0, 0.1) is 0 Å². The van der Waals surface area contributed by atoms with E-state index in [2.05, 4.69) is 190 Å². The first kappa shape index (κ1) is 53.3. The minimum absolute atomic E-state index is 0.550. The van der Waals surface area contributed by atoms with Gasteiger partial charge in [0.05, 0.1) is 11.2 Å². The van der Waals surface area contributed by atoms with Crippen molar-refractivity contribution >= 4 is 58.7 Å². The fraction of sp³-hybridized carbons (Fsp3) is 0.0597. The number of halogens is 3. The Balaban J connectivity index is 0.000000127. The van der Waals surface area contributed by atoms with Gasteiger partial charge in [-0.2, -0.15) is 0 Å². The second kappa shape index (κ2) is 24.9. The summed E-state index contributed by atoms with van der Waals surface area (Å²) in [5.41, 5.74) is 11.5. The Kier molecular flexibility index (Phi) is 16.6. The highest BCUT2D eigenvalue weighted by Crippen LogP contribution is 2.34. The summed E-state index contributed by atoms with van der Waals surface area (Å²) in [5, 5.41) is 28.2. The van der Waals surface area contributed by atoms with Crippen LogP contribution in [0.25, 0.3) is 96.3 Å². The highest BCUT2D eigenvalue weighted by molar-refractivity contribution is 9.11. The molecule has 0 aliphatic carbocycles. The smallest absolute Gasteiger partial charge is 0.168 e. The number of pyridine rings is 1. The van der Waals surface area contributed by atoms with E-state index in [1.165, 1.54) is 5.56 Å². The normalized spacial score (nSPS) is 11.3. The Morgan fingerprint density at radius 2 is 0.662 bits per heavy atom. The van der Waals surface area contributed by atoms with E-state index >= 15 is 0 Å². The Morgan fingerprint density at radius 1 is 0.338 bits per heavy atom. The Morgan fingerprint density at radius 3 is 1.04 bits per heavy atom. The quantitative estimate of drug-likeness (QED) is 0.127. The first-order chi connectivity index (χ1) is 39.3. The van der Waals surface area contributed by atoms with Gasteiger partial charge in [-0.05, 0) is 90.7 Å². The van der Waals surface area contributed by atoms with E-state index in [0.29, 0.717) is 5.92 Å². The first-order valence-electron chi connectivity index (χ1n) is 26.1. The molecular weight excluding hydrogens is 1180 g/mol. The second-order valence-corrected chi connectivity index (χ2v) is 21.5. The number of nitrogens with zero attached hydrogens (tertiary/aromatic N) is 10. The summed E-state index contributed by atoms with van der Waals surface area (Å²) in [6.45, 7) is 4.48. The molecule has 80 heavy (non-hydrogen) atoms. The van der Waals surface area contributed by atoms with E-state index in [1.54, 1.807) is 0 Å². The number of para-hydroxylation sites is 1. The van der Waals surface area contributed by atoms with E-state index in [-0.39, 0.29) is 0 Å². The summed E-state index contributed by atoms with van der Waals surface area (Å²) < 4.78 is 9.44. The predicted molar refractivity (Wildman–Crippen MR) is 334 cm³/mol. The second-order valence-electron chi connectivity index (χ2n) is 18.8. The van der Waals surface area contributed by atoms with Gasteiger partial charge in [0.1, 0.15) is 0 Å². The van der Waals surface area contributed by atoms with E-state index < -0.39 is 0 Å². The summed E-state index contributed by atoms with van der Waals surface area (Å²) in [4.78, 5) is 4.64. The van der Waals surface area contributed by atoms with Crippen molar-refractivity contribution in [3.05, 3.63) is 274 Å². The molecule has 0 saturated heterocycles. The van der Waals surface area contributed by atoms with Crippen molar-refractivity contribution in [3.8, 4) is 85.4 Å². The average Bonchev–Trinajstić information content (AvgIpc) is 4.43. The van der Waals surface area contributed by atoms with Crippen LogP contribution in [-0.4, -0.2) is 49.3 Å². The molecule has 1 atom stereocenters. The maximum absolute atomic E-state index is 4.64. The molecule has 0 aliphatic rings. The molecule has 13 rings (SSSR count). The van der Waals surface area contributed by atoms with Crippen LogP contribution in [0.5, 0.6) is 0 Å². The molecule has 0 fully saturated rings. The summed E-state index contributed by atoms with van der Waals surface area (Å²) in [6, 6.07) is 84.0. The number of hydrogen-bond donors (Lipinski definition) is 0. The Labute approximate surface area is 490 Å². The molecule has 9 aromatic carbocycles. The standard InChI is InChI=1S/C24H22BrN3.C23H15BrN4.C20H14BrN3/c1-3-17(2)18-11-15-22(16-12-18)28-23(19-7-5-4-6-8-19)26-27-24(28)20-9-13-21(25)14-10-20;24-19-13-11-18(12-14-19)23-27-26-22(17-6-2-1-3-7-17)28(23)20-10-4-8-16-9-5-15-25-21(16)20;21-17-11-13-18(14-12-17)24-19(15-7-3-1-4-8-15)22-23-20(24)16-9-5-2-6-10-16/h4-17H,3H2,1-2H3;1-15H;1-14H. The molecule has 0 bridgehead atoms. The van der Waals surface area contributed by atoms with Gasteiger partial charge in [0.25, 0.3) is 0 Å². The van der Waals surface area contributed by atoms with E-state index in [9.17, 15) is 0 Å². The van der Waals surface area contributed by atoms with Gasteiger partial charge in [0.15, 0.2) is 34.9 Å². The molecule has 1 unspecified atom stereocenters. The number of hydrogen-bond acceptors (Lipinski definition) is 7. The maximum Gasteiger partial charge on any atom is 0.168 e. The molecule has 390 valence electrons. The van der Waals surface area contributed by atoms with Gasteiger partial charge in [0.2, 0.25) is 0 Å². The lowest BCUT2D eigenvalue weighted by Gasteiger charge is -2.13. The van der Waals surface area contributed by atoms with Gasteiger partial charge in [0, 0.05) is 69.8 Å². The van der Waals surface area contributed by atoms with Crippen molar-refractivity contribution < 1.29 is 0 Å². The van der Waals surface area contributed by atoms with Crippen molar-refractivity contribution in [1.82, 2.24) is 49.3 Å². The van der Waals surface area contributed by atoms with Gasteiger partial charge in [-0.25, -0.2) is 0 Å². The third kappa shape index (κ3) is 11.8. The van der Waals surface area contributed by atoms with Crippen LogP contribution in [0.2, 0.25) is 0 Å². The molecule has 10 nitrogen and oxygen atoms in total. The minimum atomic E-state index is 0.550. The largest absolute Gasteiger partial charge is 0.275 e. The van der Waals surface area contributed by atoms with Crippen LogP contribution in [0.15, 0.2) is 268 Å². The summed E-state index contributed by atoms with van der Waals surface area (Å²) in [7, 11) is 0. The topological polar surface area (TPSA) is 105 Å². The Hall–Kier alpha value is -8.75. The summed E-state index contributed by atoms with van der Waals surface area (Å²) in [6.07, 6.45) is 2.95. The van der Waals surface area contributed by atoms with Crippen LogP contribution in [0.4, 0.5) is 0 Å². The lowest BCUT2D eigenvalue weighted by Crippen LogP contribution is -2.02. The molecule has 13 aromatic rings. The molecule has 4 heterocycles. The fourth-order valence-electron chi connectivity index (χ4n) is 9.28. The maximum atomic E-state index is 4.64. The van der Waals surface area contributed by atoms with Gasteiger partial charge in [-0.1, -0.05) is 238 Å². The van der Waals surface area contributed by atoms with E-state index in [1.807, 2.05) is 176 Å². The monoisotopic (exact) mass is 1230 g/mol. The van der Waals surface area contributed by atoms with Crippen LogP contribution in [0.3, 0.4) is 0 Å². The van der Waals surface area contributed by atoms with Crippen LogP contribution in [-0.2, 0) is 0 Å². The van der Waals surface area contributed by atoms with Crippen molar-refractivity contribution in [2.75, 3.05) is 0 Å². The highest BCUT2D eigenvalue weighted by Gasteiger charge is 2.21. The van der Waals surface area contributed by atoms with Crippen LogP contribution in [0.1, 0.15) is 31.7 Å². The molecule has 0 saturated carbocycles. The molecule has 0 amide bonds. The van der Waals surface area contributed by atoms with Gasteiger partial charge < -0.3 is 0 Å². The van der Waals surface area contributed by atoms with Gasteiger partial charge in [-0.15, -0.1) is 30.6 Å². The molecule has 0 radical (unpaired) electrons. The number of fused-ring (bicyclic) bond motifs is 1. The molecule has 4 aromatic heterocycles. The van der Waals surface area contributed by atoms with Crippen molar-refractivity contribution in [3.63, 3.8) is 0 Å². The van der Waals surface area contributed by atoms with Crippen molar-refractivity contribution in [2.45, 2.75) is 26.2 Å². The van der Waals surface area contributed by atoms with Crippen molar-refractivity contribution in [1.29, 1.82) is 0 Å². The van der Waals surface area contributed by atoms with Gasteiger partial charge in [-0.3, -0.25) is 18.7 Å². The van der Waals surface area contributed by atoms with E-state index in [0.717, 1.165) is 116 Å². The molecular formula is C67H51Br3N10. The van der Waals surface area contributed by atoms with E-state index in [4.69, 9.17) is 0 Å². The zero-order valence-corrected chi connectivity index (χ0v) is 48.4. The number of aromatic nitrogens is 10. The lowest BCUT2D eigenvalue weighted by atomic mass is 9.98. The summed E-state index contributed by atoms with van der Waals surface area (Å²) in [5.74, 6) is 5.46. The predicted octanol–water partition coefficient (Wildman–Crippen LogP) is 18.2. The van der Waals surface area contributed by atoms with Crippen LogP contribution >= 0.6 is 47.8 Å². The average molecular weight is 1240 g/mol. The minimum Gasteiger partial charge on any atom is -0.275 e. The van der Waals surface area contributed by atoms with Gasteiger partial charge >= 0.3 is 0 Å². The van der Waals surface area contributed by atoms with Crippen molar-refractivity contribution in [2.24, 2.45) is 0 Å². The number of benzene rings is 9. The molecule has 0 spiro atoms. The lowest BCUT2D eigenvalue weighted by molar-refractivity contribution is 0.733. The SMILES string of the molecule is Brc1ccc(-c2nnc(-c3ccccc3)n2-c2cccc3cccnc23)cc1.Brc1ccc(-n2c(-c3ccccc3)nnc2-c2ccccc2)cc1.CCC(C)c1ccc(-n2c(-c3ccccc3)nnc2-c2ccc(Br)cc2)cc1. The zero-order valence-electron chi connectivity index (χ0n) is 43.6. The third-order valence-electron chi connectivity index (χ3n) is 13.6. The highest BCUT2D eigenvalue weighted by atomic mass is 79.9. The molecule has 13 heteroatoms. The number of rotatable bonds is 11. The zero-order chi connectivity index (χ0) is 54.8.